The summed E-state index contributed by atoms with van der Waals surface area (Å²) in [4.78, 5) is 0. The first-order chi connectivity index (χ1) is 7.30. The van der Waals surface area contributed by atoms with Crippen molar-refractivity contribution in [1.29, 1.82) is 0 Å². The van der Waals surface area contributed by atoms with Gasteiger partial charge in [0, 0.05) is 11.8 Å². The van der Waals surface area contributed by atoms with Crippen molar-refractivity contribution >= 4 is 0 Å². The van der Waals surface area contributed by atoms with Gasteiger partial charge >= 0.3 is 0 Å². The quantitative estimate of drug-likeness (QED) is 0.763. The van der Waals surface area contributed by atoms with E-state index in [2.05, 4.69) is 18.1 Å². The van der Waals surface area contributed by atoms with Crippen molar-refractivity contribution in [3.63, 3.8) is 0 Å². The standard InChI is InChI=1S/C13H14O2/c1-15-12-5-3-11(4-6-12)13(8-9-13)7-2-10-14/h3-6,14H,7-9H2,1H3. The zero-order chi connectivity index (χ0) is 10.7. The van der Waals surface area contributed by atoms with Crippen molar-refractivity contribution in [2.45, 2.75) is 24.7 Å². The molecule has 1 N–H and O–H groups in total. The molecule has 0 bridgehead atoms. The molecule has 0 heterocycles. The van der Waals surface area contributed by atoms with Crippen LogP contribution in [0, 0.1) is 12.0 Å². The summed E-state index contributed by atoms with van der Waals surface area (Å²) >= 11 is 0. The topological polar surface area (TPSA) is 29.5 Å². The highest BCUT2D eigenvalue weighted by atomic mass is 16.5. The first kappa shape index (κ1) is 9.92. The molecule has 0 amide bonds. The highest BCUT2D eigenvalue weighted by molar-refractivity contribution is 5.37. The molecule has 0 saturated heterocycles. The lowest BCUT2D eigenvalue weighted by Crippen LogP contribution is -2.04. The maximum Gasteiger partial charge on any atom is 0.118 e. The third kappa shape index (κ3) is 1.92. The number of hydrogen-bond acceptors (Lipinski definition) is 2. The van der Waals surface area contributed by atoms with Crippen LogP contribution in [0.2, 0.25) is 0 Å². The highest BCUT2D eigenvalue weighted by Gasteiger charge is 2.43. The Morgan fingerprint density at radius 2 is 2.00 bits per heavy atom. The van der Waals surface area contributed by atoms with Crippen LogP contribution in [0.1, 0.15) is 24.8 Å². The first-order valence-electron chi connectivity index (χ1n) is 5.07. The van der Waals surface area contributed by atoms with E-state index in [1.807, 2.05) is 18.2 Å². The summed E-state index contributed by atoms with van der Waals surface area (Å²) < 4.78 is 5.12. The van der Waals surface area contributed by atoms with E-state index in [0.29, 0.717) is 0 Å². The van der Waals surface area contributed by atoms with Crippen LogP contribution in [0.5, 0.6) is 5.75 Å². The molecular formula is C13H14O2. The molecule has 0 atom stereocenters. The molecule has 78 valence electrons. The highest BCUT2D eigenvalue weighted by Crippen LogP contribution is 2.50. The molecule has 1 aliphatic rings. The molecule has 0 radical (unpaired) electrons. The fourth-order valence-electron chi connectivity index (χ4n) is 1.87. The van der Waals surface area contributed by atoms with Gasteiger partial charge < -0.3 is 9.84 Å². The van der Waals surface area contributed by atoms with E-state index >= 15 is 0 Å². The largest absolute Gasteiger partial charge is 0.497 e. The van der Waals surface area contributed by atoms with Crippen molar-refractivity contribution in [1.82, 2.24) is 0 Å². The number of ether oxygens (including phenoxy) is 1. The zero-order valence-electron chi connectivity index (χ0n) is 8.79. The summed E-state index contributed by atoms with van der Waals surface area (Å²) in [6.07, 6.45) is 5.05. The fourth-order valence-corrected chi connectivity index (χ4v) is 1.87. The molecule has 0 spiro atoms. The molecule has 1 aromatic rings. The molecule has 1 aromatic carbocycles. The van der Waals surface area contributed by atoms with Crippen molar-refractivity contribution in [2.24, 2.45) is 0 Å². The second-order valence-electron chi connectivity index (χ2n) is 3.97. The average molecular weight is 202 g/mol. The van der Waals surface area contributed by atoms with Crippen molar-refractivity contribution in [3.05, 3.63) is 29.8 Å². The maximum absolute atomic E-state index is 8.51. The van der Waals surface area contributed by atoms with E-state index in [4.69, 9.17) is 9.84 Å². The predicted octanol–water partition coefficient (Wildman–Crippen LogP) is 2.45. The van der Waals surface area contributed by atoms with Crippen LogP contribution in [0.25, 0.3) is 0 Å². The van der Waals surface area contributed by atoms with Gasteiger partial charge in [-0.2, -0.15) is 0 Å². The molecular weight excluding hydrogens is 188 g/mol. The number of hydrogen-bond donors (Lipinski definition) is 1. The number of methoxy groups -OCH3 is 1. The molecule has 2 heteroatoms. The first-order valence-corrected chi connectivity index (χ1v) is 5.07. The van der Waals surface area contributed by atoms with Crippen molar-refractivity contribution in [2.75, 3.05) is 7.11 Å². The maximum atomic E-state index is 8.51. The van der Waals surface area contributed by atoms with E-state index in [-0.39, 0.29) is 5.41 Å². The van der Waals surface area contributed by atoms with Crippen molar-refractivity contribution < 1.29 is 9.84 Å². The summed E-state index contributed by atoms with van der Waals surface area (Å²) in [6, 6.07) is 8.12. The normalized spacial score (nSPS) is 16.3. The molecule has 2 nitrogen and oxygen atoms in total. The van der Waals surface area contributed by atoms with Gasteiger partial charge in [0.1, 0.15) is 11.9 Å². The minimum absolute atomic E-state index is 0.196. The Hall–Kier alpha value is -1.62. The third-order valence-corrected chi connectivity index (χ3v) is 3.06. The number of aliphatic hydroxyl groups excluding tert-OH is 1. The number of rotatable bonds is 3. The monoisotopic (exact) mass is 202 g/mol. The van der Waals surface area contributed by atoms with Gasteiger partial charge in [-0.05, 0) is 30.5 Å². The minimum atomic E-state index is 0.196. The van der Waals surface area contributed by atoms with Crippen molar-refractivity contribution in [3.8, 4) is 17.8 Å². The zero-order valence-corrected chi connectivity index (χ0v) is 8.79. The molecule has 1 fully saturated rings. The Bertz CT molecular complexity index is 391. The Kier molecular flexibility index (Phi) is 2.55. The van der Waals surface area contributed by atoms with Gasteiger partial charge in [-0.25, -0.2) is 0 Å². The SMILES string of the molecule is COc1ccc(C2(CC#CO)CC2)cc1. The molecule has 1 aliphatic carbocycles. The van der Waals surface area contributed by atoms with E-state index in [1.54, 1.807) is 7.11 Å². The lowest BCUT2D eigenvalue weighted by molar-refractivity contribution is 0.414. The lowest BCUT2D eigenvalue weighted by atomic mass is 9.93. The van der Waals surface area contributed by atoms with Crippen LogP contribution in [-0.2, 0) is 5.41 Å². The summed E-state index contributed by atoms with van der Waals surface area (Å²) in [6.45, 7) is 0. The molecule has 0 unspecified atom stereocenters. The van der Waals surface area contributed by atoms with Crippen LogP contribution in [-0.4, -0.2) is 12.2 Å². The van der Waals surface area contributed by atoms with E-state index < -0.39 is 0 Å². The number of benzene rings is 1. The van der Waals surface area contributed by atoms with Crippen LogP contribution >= 0.6 is 0 Å². The third-order valence-electron chi connectivity index (χ3n) is 3.06. The smallest absolute Gasteiger partial charge is 0.118 e. The van der Waals surface area contributed by atoms with Gasteiger partial charge in [0.25, 0.3) is 0 Å². The summed E-state index contributed by atoms with van der Waals surface area (Å²) in [5, 5.41) is 8.51. The fraction of sp³-hybridized carbons (Fsp3) is 0.385. The second-order valence-corrected chi connectivity index (χ2v) is 3.97. The second kappa shape index (κ2) is 3.86. The van der Waals surface area contributed by atoms with Gasteiger partial charge in [0.05, 0.1) is 7.11 Å². The minimum Gasteiger partial charge on any atom is -0.497 e. The van der Waals surface area contributed by atoms with Gasteiger partial charge in [-0.1, -0.05) is 18.1 Å². The van der Waals surface area contributed by atoms with E-state index in [1.165, 1.54) is 5.56 Å². The Morgan fingerprint density at radius 1 is 1.33 bits per heavy atom. The van der Waals surface area contributed by atoms with E-state index in [9.17, 15) is 0 Å². The van der Waals surface area contributed by atoms with Gasteiger partial charge in [-0.15, -0.1) is 0 Å². The summed E-state index contributed by atoms with van der Waals surface area (Å²) in [7, 11) is 1.67. The molecule has 0 aromatic heterocycles. The molecule has 15 heavy (non-hydrogen) atoms. The van der Waals surface area contributed by atoms with Crippen LogP contribution in [0.15, 0.2) is 24.3 Å². The summed E-state index contributed by atoms with van der Waals surface area (Å²) in [5.41, 5.74) is 1.49. The average Bonchev–Trinajstić information content (AvgIpc) is 3.08. The predicted molar refractivity (Wildman–Crippen MR) is 58.2 cm³/mol. The van der Waals surface area contributed by atoms with Crippen LogP contribution < -0.4 is 4.74 Å². The van der Waals surface area contributed by atoms with E-state index in [0.717, 1.165) is 25.0 Å². The van der Waals surface area contributed by atoms with Crippen LogP contribution in [0.3, 0.4) is 0 Å². The van der Waals surface area contributed by atoms with Gasteiger partial charge in [0.2, 0.25) is 0 Å². The van der Waals surface area contributed by atoms with Gasteiger partial charge in [-0.3, -0.25) is 0 Å². The molecule has 2 rings (SSSR count). The molecule has 0 aliphatic heterocycles. The van der Waals surface area contributed by atoms with Crippen LogP contribution in [0.4, 0.5) is 0 Å². The lowest BCUT2D eigenvalue weighted by Gasteiger charge is -2.12. The Balaban J connectivity index is 2.17. The summed E-state index contributed by atoms with van der Waals surface area (Å²) in [5.74, 6) is 3.63. The Labute approximate surface area is 89.9 Å². The van der Waals surface area contributed by atoms with Gasteiger partial charge in [0.15, 0.2) is 0 Å². The Morgan fingerprint density at radius 3 is 2.47 bits per heavy atom. The molecule has 1 saturated carbocycles. The number of aliphatic hydroxyl groups is 1.